The summed E-state index contributed by atoms with van der Waals surface area (Å²) in [5, 5.41) is 11.7. The van der Waals surface area contributed by atoms with Gasteiger partial charge in [-0.25, -0.2) is 0 Å². The van der Waals surface area contributed by atoms with Crippen LogP contribution in [0.5, 0.6) is 0 Å². The highest BCUT2D eigenvalue weighted by Crippen LogP contribution is 2.24. The number of hydrogen-bond donors (Lipinski definition) is 1. The van der Waals surface area contributed by atoms with Crippen LogP contribution in [0.3, 0.4) is 0 Å². The Morgan fingerprint density at radius 1 is 1.26 bits per heavy atom. The zero-order chi connectivity index (χ0) is 18.6. The fraction of sp³-hybridized carbons (Fsp3) is 0.368. The molecule has 0 aliphatic carbocycles. The smallest absolute Gasteiger partial charge is 0.252 e. The average molecular weight is 365 g/mol. The minimum Gasteiger partial charge on any atom is -0.352 e. The maximum atomic E-state index is 12.2. The van der Waals surface area contributed by atoms with Crippen LogP contribution in [0.4, 0.5) is 0 Å². The topological polar surface area (TPSA) is 80.9 Å². The Morgan fingerprint density at radius 2 is 2.19 bits per heavy atom. The summed E-state index contributed by atoms with van der Waals surface area (Å²) in [6.07, 6.45) is 9.88. The molecule has 3 aromatic rings. The molecule has 0 saturated carbocycles. The standard InChI is InChI=1S/C19H23N7O/c1-24-11-15(9-23-24)12-25-13-17(26-18(14-25)5-8-22-26)4-7-21-19(27)16-3-2-6-20-10-16/h2-3,5-6,8-11,17H,4,7,12-14H2,1H3,(H,21,27)/t17-/m0/s1. The first-order valence-electron chi connectivity index (χ1n) is 9.09. The fourth-order valence-corrected chi connectivity index (χ4v) is 3.56. The molecule has 1 atom stereocenters. The van der Waals surface area contributed by atoms with Crippen LogP contribution in [0.15, 0.2) is 49.2 Å². The second-order valence-corrected chi connectivity index (χ2v) is 6.90. The van der Waals surface area contributed by atoms with Crippen molar-refractivity contribution in [2.24, 2.45) is 7.05 Å². The number of fused-ring (bicyclic) bond motifs is 1. The molecule has 1 N–H and O–H groups in total. The Balaban J connectivity index is 1.37. The number of aromatic nitrogens is 5. The summed E-state index contributed by atoms with van der Waals surface area (Å²) in [6, 6.07) is 5.83. The van der Waals surface area contributed by atoms with Crippen molar-refractivity contribution >= 4 is 5.91 Å². The van der Waals surface area contributed by atoms with Crippen LogP contribution in [0.2, 0.25) is 0 Å². The molecular formula is C19H23N7O. The van der Waals surface area contributed by atoms with E-state index in [1.807, 2.05) is 24.1 Å². The number of nitrogens with one attached hydrogen (secondary N) is 1. The van der Waals surface area contributed by atoms with E-state index in [4.69, 9.17) is 0 Å². The number of nitrogens with zero attached hydrogens (tertiary/aromatic N) is 6. The van der Waals surface area contributed by atoms with E-state index in [1.165, 1.54) is 11.3 Å². The first kappa shape index (κ1) is 17.4. The van der Waals surface area contributed by atoms with Gasteiger partial charge in [0.15, 0.2) is 0 Å². The van der Waals surface area contributed by atoms with E-state index in [1.54, 1.807) is 24.5 Å². The minimum absolute atomic E-state index is 0.0909. The summed E-state index contributed by atoms with van der Waals surface area (Å²) in [5.74, 6) is -0.0909. The number of carbonyl (C=O) groups is 1. The lowest BCUT2D eigenvalue weighted by molar-refractivity contribution is 0.0946. The molecule has 0 fully saturated rings. The van der Waals surface area contributed by atoms with Crippen LogP contribution in [-0.4, -0.2) is 48.4 Å². The molecule has 1 amide bonds. The number of carbonyl (C=O) groups excluding carboxylic acids is 1. The Morgan fingerprint density at radius 3 is 2.96 bits per heavy atom. The van der Waals surface area contributed by atoms with Gasteiger partial charge >= 0.3 is 0 Å². The van der Waals surface area contributed by atoms with Crippen molar-refractivity contribution in [3.8, 4) is 0 Å². The molecule has 4 heterocycles. The first-order chi connectivity index (χ1) is 13.2. The van der Waals surface area contributed by atoms with E-state index in [0.29, 0.717) is 12.1 Å². The molecule has 0 saturated heterocycles. The molecule has 27 heavy (non-hydrogen) atoms. The second-order valence-electron chi connectivity index (χ2n) is 6.90. The average Bonchev–Trinajstić information content (AvgIpc) is 3.31. The molecule has 140 valence electrons. The lowest BCUT2D eigenvalue weighted by Gasteiger charge is -2.33. The summed E-state index contributed by atoms with van der Waals surface area (Å²) >= 11 is 0. The lowest BCUT2D eigenvalue weighted by atomic mass is 10.1. The maximum absolute atomic E-state index is 12.2. The van der Waals surface area contributed by atoms with E-state index in [-0.39, 0.29) is 11.9 Å². The van der Waals surface area contributed by atoms with E-state index in [9.17, 15) is 4.79 Å². The van der Waals surface area contributed by atoms with Gasteiger partial charge in [0.05, 0.1) is 23.5 Å². The molecule has 1 aliphatic rings. The number of pyridine rings is 1. The van der Waals surface area contributed by atoms with E-state index < -0.39 is 0 Å². The van der Waals surface area contributed by atoms with Gasteiger partial charge in [0.25, 0.3) is 5.91 Å². The van der Waals surface area contributed by atoms with E-state index in [2.05, 4.69) is 42.3 Å². The van der Waals surface area contributed by atoms with Crippen molar-refractivity contribution in [1.29, 1.82) is 0 Å². The maximum Gasteiger partial charge on any atom is 0.252 e. The quantitative estimate of drug-likeness (QED) is 0.714. The van der Waals surface area contributed by atoms with Crippen molar-refractivity contribution in [2.75, 3.05) is 13.1 Å². The molecule has 8 heteroatoms. The molecule has 0 unspecified atom stereocenters. The summed E-state index contributed by atoms with van der Waals surface area (Å²) in [7, 11) is 1.93. The van der Waals surface area contributed by atoms with E-state index in [0.717, 1.165) is 26.1 Å². The van der Waals surface area contributed by atoms with Gasteiger partial charge in [-0.1, -0.05) is 0 Å². The molecule has 8 nitrogen and oxygen atoms in total. The van der Waals surface area contributed by atoms with Crippen molar-refractivity contribution in [2.45, 2.75) is 25.6 Å². The summed E-state index contributed by atoms with van der Waals surface area (Å²) in [6.45, 7) is 3.22. The van der Waals surface area contributed by atoms with Gasteiger partial charge in [-0.2, -0.15) is 10.2 Å². The van der Waals surface area contributed by atoms with Crippen molar-refractivity contribution in [3.63, 3.8) is 0 Å². The highest BCUT2D eigenvalue weighted by Gasteiger charge is 2.25. The van der Waals surface area contributed by atoms with Gasteiger partial charge in [-0.3, -0.25) is 24.0 Å². The molecule has 3 aromatic heterocycles. The van der Waals surface area contributed by atoms with Crippen LogP contribution in [0, 0.1) is 0 Å². The van der Waals surface area contributed by atoms with Crippen LogP contribution in [-0.2, 0) is 20.1 Å². The van der Waals surface area contributed by atoms with Gasteiger partial charge in [-0.15, -0.1) is 0 Å². The lowest BCUT2D eigenvalue weighted by Crippen LogP contribution is -2.38. The zero-order valence-electron chi connectivity index (χ0n) is 15.3. The molecule has 4 rings (SSSR count). The Bertz CT molecular complexity index is 902. The summed E-state index contributed by atoms with van der Waals surface area (Å²) in [5.41, 5.74) is 2.99. The predicted molar refractivity (Wildman–Crippen MR) is 99.8 cm³/mol. The fourth-order valence-electron chi connectivity index (χ4n) is 3.56. The van der Waals surface area contributed by atoms with E-state index >= 15 is 0 Å². The number of amides is 1. The minimum atomic E-state index is -0.0909. The third kappa shape index (κ3) is 4.06. The van der Waals surface area contributed by atoms with Gasteiger partial charge in [0.1, 0.15) is 0 Å². The van der Waals surface area contributed by atoms with Crippen molar-refractivity contribution < 1.29 is 4.79 Å². The highest BCUT2D eigenvalue weighted by atomic mass is 16.1. The van der Waals surface area contributed by atoms with Gasteiger partial charge in [-0.05, 0) is 24.6 Å². The van der Waals surface area contributed by atoms with Crippen LogP contribution >= 0.6 is 0 Å². The molecule has 0 bridgehead atoms. The molecule has 0 radical (unpaired) electrons. The van der Waals surface area contributed by atoms with Crippen LogP contribution in [0.1, 0.15) is 34.1 Å². The zero-order valence-corrected chi connectivity index (χ0v) is 15.3. The summed E-state index contributed by atoms with van der Waals surface area (Å²) < 4.78 is 3.92. The third-order valence-electron chi connectivity index (χ3n) is 4.80. The molecular weight excluding hydrogens is 342 g/mol. The predicted octanol–water partition coefficient (Wildman–Crippen LogP) is 1.39. The largest absolute Gasteiger partial charge is 0.352 e. The second kappa shape index (κ2) is 7.71. The SMILES string of the molecule is Cn1cc(CN2Cc3ccnn3[C@@H](CCNC(=O)c3cccnc3)C2)cn1. The Kier molecular flexibility index (Phi) is 4.97. The monoisotopic (exact) mass is 365 g/mol. The van der Waals surface area contributed by atoms with Crippen molar-refractivity contribution in [1.82, 2.24) is 34.8 Å². The molecule has 1 aliphatic heterocycles. The van der Waals surface area contributed by atoms with Crippen molar-refractivity contribution in [3.05, 3.63) is 66.0 Å². The Hall–Kier alpha value is -3.00. The number of rotatable bonds is 6. The van der Waals surface area contributed by atoms with Crippen LogP contribution in [0.25, 0.3) is 0 Å². The number of aryl methyl sites for hydroxylation is 1. The normalized spacial score (nSPS) is 16.9. The first-order valence-corrected chi connectivity index (χ1v) is 9.09. The number of hydrogen-bond acceptors (Lipinski definition) is 5. The summed E-state index contributed by atoms with van der Waals surface area (Å²) in [4.78, 5) is 18.6. The van der Waals surface area contributed by atoms with Crippen LogP contribution < -0.4 is 5.32 Å². The highest BCUT2D eigenvalue weighted by molar-refractivity contribution is 5.93. The van der Waals surface area contributed by atoms with Gasteiger partial charge in [0, 0.05) is 63.6 Å². The molecule has 0 spiro atoms. The third-order valence-corrected chi connectivity index (χ3v) is 4.80. The van der Waals surface area contributed by atoms with Gasteiger partial charge < -0.3 is 5.32 Å². The van der Waals surface area contributed by atoms with Gasteiger partial charge in [0.2, 0.25) is 0 Å². The molecule has 0 aromatic carbocycles. The Labute approximate surface area is 157 Å².